The van der Waals surface area contributed by atoms with E-state index in [2.05, 4.69) is 6.92 Å². The highest BCUT2D eigenvalue weighted by atomic mass is 19.1. The molecule has 1 unspecified atom stereocenters. The Morgan fingerprint density at radius 2 is 1.92 bits per heavy atom. The van der Waals surface area contributed by atoms with Gasteiger partial charge in [0.25, 0.3) is 0 Å². The second kappa shape index (κ2) is 7.54. The van der Waals surface area contributed by atoms with E-state index in [1.54, 1.807) is 23.1 Å². The van der Waals surface area contributed by atoms with Crippen molar-refractivity contribution in [2.45, 2.75) is 57.4 Å². The number of benzene rings is 1. The first-order chi connectivity index (χ1) is 12.1. The summed E-state index contributed by atoms with van der Waals surface area (Å²) in [4.78, 5) is 29.6. The zero-order chi connectivity index (χ0) is 17.9. The average molecular weight is 346 g/mol. The van der Waals surface area contributed by atoms with E-state index >= 15 is 0 Å². The van der Waals surface area contributed by atoms with Crippen LogP contribution in [-0.4, -0.2) is 46.8 Å². The van der Waals surface area contributed by atoms with E-state index in [9.17, 15) is 14.0 Å². The summed E-state index contributed by atoms with van der Waals surface area (Å²) < 4.78 is 13.8. The largest absolute Gasteiger partial charge is 0.341 e. The van der Waals surface area contributed by atoms with Gasteiger partial charge in [-0.25, -0.2) is 4.39 Å². The fourth-order valence-corrected chi connectivity index (χ4v) is 4.35. The summed E-state index contributed by atoms with van der Waals surface area (Å²) in [5, 5.41) is 0. The van der Waals surface area contributed by atoms with Crippen LogP contribution in [0.3, 0.4) is 0 Å². The molecule has 0 aliphatic carbocycles. The molecule has 3 rings (SSSR count). The highest BCUT2D eigenvalue weighted by Crippen LogP contribution is 2.38. The van der Waals surface area contributed by atoms with Gasteiger partial charge in [-0.3, -0.25) is 9.59 Å². The molecule has 0 saturated carbocycles. The molecule has 2 heterocycles. The SMILES string of the molecule is CCCN1CCCC2(CCCN2C(=O)CCc2ccccc2F)C1=O. The van der Waals surface area contributed by atoms with E-state index in [0.29, 0.717) is 18.5 Å². The Balaban J connectivity index is 1.71. The van der Waals surface area contributed by atoms with Crippen LogP contribution >= 0.6 is 0 Å². The molecule has 2 aliphatic heterocycles. The van der Waals surface area contributed by atoms with Crippen molar-refractivity contribution in [3.8, 4) is 0 Å². The van der Waals surface area contributed by atoms with Crippen LogP contribution < -0.4 is 0 Å². The molecule has 0 bridgehead atoms. The van der Waals surface area contributed by atoms with Gasteiger partial charge in [0.15, 0.2) is 0 Å². The van der Waals surface area contributed by atoms with E-state index in [1.807, 2.05) is 4.90 Å². The standard InChI is InChI=1S/C20H27FN2O2/c1-2-13-22-14-5-11-20(19(22)25)12-6-15-23(20)18(24)10-9-16-7-3-4-8-17(16)21/h3-4,7-8H,2,5-6,9-15H2,1H3. The fourth-order valence-electron chi connectivity index (χ4n) is 4.35. The van der Waals surface area contributed by atoms with Crippen molar-refractivity contribution in [1.82, 2.24) is 9.80 Å². The van der Waals surface area contributed by atoms with Crippen LogP contribution in [0, 0.1) is 5.82 Å². The third kappa shape index (κ3) is 3.42. The van der Waals surface area contributed by atoms with Crippen LogP contribution in [0.25, 0.3) is 0 Å². The van der Waals surface area contributed by atoms with E-state index in [4.69, 9.17) is 0 Å². The molecule has 2 saturated heterocycles. The van der Waals surface area contributed by atoms with Gasteiger partial charge in [-0.1, -0.05) is 25.1 Å². The number of nitrogens with zero attached hydrogens (tertiary/aromatic N) is 2. The van der Waals surface area contributed by atoms with Gasteiger partial charge in [-0.2, -0.15) is 0 Å². The summed E-state index contributed by atoms with van der Waals surface area (Å²) in [6.07, 6.45) is 4.91. The average Bonchev–Trinajstić information content (AvgIpc) is 3.03. The van der Waals surface area contributed by atoms with Gasteiger partial charge in [0, 0.05) is 26.1 Å². The van der Waals surface area contributed by atoms with Crippen molar-refractivity contribution in [2.75, 3.05) is 19.6 Å². The number of likely N-dealkylation sites (tertiary alicyclic amines) is 2. The third-order valence-corrected chi connectivity index (χ3v) is 5.55. The minimum atomic E-state index is -0.639. The van der Waals surface area contributed by atoms with Crippen molar-refractivity contribution >= 4 is 11.8 Å². The smallest absolute Gasteiger partial charge is 0.248 e. The van der Waals surface area contributed by atoms with Crippen molar-refractivity contribution in [2.24, 2.45) is 0 Å². The summed E-state index contributed by atoms with van der Waals surface area (Å²) in [6.45, 7) is 4.27. The molecule has 2 amide bonds. The molecule has 4 nitrogen and oxygen atoms in total. The number of aryl methyl sites for hydroxylation is 1. The maximum Gasteiger partial charge on any atom is 0.248 e. The van der Waals surface area contributed by atoms with Crippen molar-refractivity contribution in [1.29, 1.82) is 0 Å². The predicted molar refractivity (Wildman–Crippen MR) is 94.5 cm³/mol. The second-order valence-electron chi connectivity index (χ2n) is 7.17. The third-order valence-electron chi connectivity index (χ3n) is 5.55. The number of piperidine rings is 1. The van der Waals surface area contributed by atoms with E-state index in [0.717, 1.165) is 45.2 Å². The molecule has 1 aromatic carbocycles. The number of amides is 2. The Kier molecular flexibility index (Phi) is 5.40. The quantitative estimate of drug-likeness (QED) is 0.822. The summed E-state index contributed by atoms with van der Waals surface area (Å²) in [7, 11) is 0. The normalized spacial score (nSPS) is 23.5. The van der Waals surface area contributed by atoms with E-state index in [1.165, 1.54) is 6.07 Å². The van der Waals surface area contributed by atoms with Gasteiger partial charge in [0.1, 0.15) is 11.4 Å². The van der Waals surface area contributed by atoms with Gasteiger partial charge in [-0.15, -0.1) is 0 Å². The van der Waals surface area contributed by atoms with Gasteiger partial charge in [0.05, 0.1) is 0 Å². The van der Waals surface area contributed by atoms with Crippen LogP contribution in [0.1, 0.15) is 51.0 Å². The molecular formula is C20H27FN2O2. The first-order valence-electron chi connectivity index (χ1n) is 9.42. The number of carbonyl (C=O) groups excluding carboxylic acids is 2. The molecule has 2 aliphatic rings. The topological polar surface area (TPSA) is 40.6 Å². The lowest BCUT2D eigenvalue weighted by atomic mass is 9.85. The van der Waals surface area contributed by atoms with Crippen LogP contribution in [-0.2, 0) is 16.0 Å². The molecule has 5 heteroatoms. The molecule has 1 spiro atoms. The van der Waals surface area contributed by atoms with Crippen LogP contribution in [0.4, 0.5) is 4.39 Å². The minimum absolute atomic E-state index is 0.0209. The molecule has 0 radical (unpaired) electrons. The van der Waals surface area contributed by atoms with Crippen LogP contribution in [0.15, 0.2) is 24.3 Å². The highest BCUT2D eigenvalue weighted by Gasteiger charge is 2.52. The maximum absolute atomic E-state index is 13.8. The van der Waals surface area contributed by atoms with Gasteiger partial charge >= 0.3 is 0 Å². The highest BCUT2D eigenvalue weighted by molar-refractivity contribution is 5.92. The van der Waals surface area contributed by atoms with Gasteiger partial charge in [-0.05, 0) is 50.2 Å². The number of halogens is 1. The molecule has 1 aromatic rings. The van der Waals surface area contributed by atoms with E-state index < -0.39 is 5.54 Å². The number of carbonyl (C=O) groups is 2. The summed E-state index contributed by atoms with van der Waals surface area (Å²) in [5.74, 6) is -0.168. The molecule has 0 N–H and O–H groups in total. The molecular weight excluding hydrogens is 319 g/mol. The second-order valence-corrected chi connectivity index (χ2v) is 7.17. The Morgan fingerprint density at radius 3 is 2.64 bits per heavy atom. The van der Waals surface area contributed by atoms with Gasteiger partial charge < -0.3 is 9.80 Å². The summed E-state index contributed by atoms with van der Waals surface area (Å²) in [6, 6.07) is 6.58. The van der Waals surface area contributed by atoms with Gasteiger partial charge in [0.2, 0.25) is 11.8 Å². The van der Waals surface area contributed by atoms with Crippen LogP contribution in [0.5, 0.6) is 0 Å². The van der Waals surface area contributed by atoms with Crippen molar-refractivity contribution in [3.63, 3.8) is 0 Å². The number of hydrogen-bond acceptors (Lipinski definition) is 2. The Labute approximate surface area is 149 Å². The lowest BCUT2D eigenvalue weighted by Crippen LogP contribution is -2.61. The molecule has 2 fully saturated rings. The molecule has 25 heavy (non-hydrogen) atoms. The first kappa shape index (κ1) is 17.9. The molecule has 1 atom stereocenters. The lowest BCUT2D eigenvalue weighted by molar-refractivity contribution is -0.155. The zero-order valence-corrected chi connectivity index (χ0v) is 15.0. The first-order valence-corrected chi connectivity index (χ1v) is 9.42. The van der Waals surface area contributed by atoms with E-state index in [-0.39, 0.29) is 24.1 Å². The lowest BCUT2D eigenvalue weighted by Gasteiger charge is -2.44. The predicted octanol–water partition coefficient (Wildman–Crippen LogP) is 3.15. The Morgan fingerprint density at radius 1 is 1.20 bits per heavy atom. The van der Waals surface area contributed by atoms with Crippen molar-refractivity contribution in [3.05, 3.63) is 35.6 Å². The Bertz CT molecular complexity index is 646. The molecule has 0 aromatic heterocycles. The zero-order valence-electron chi connectivity index (χ0n) is 15.0. The summed E-state index contributed by atoms with van der Waals surface area (Å²) >= 11 is 0. The summed E-state index contributed by atoms with van der Waals surface area (Å²) in [5.41, 5.74) is -0.0774. The molecule has 136 valence electrons. The monoisotopic (exact) mass is 346 g/mol. The number of hydrogen-bond donors (Lipinski definition) is 0. The van der Waals surface area contributed by atoms with Crippen LogP contribution in [0.2, 0.25) is 0 Å². The maximum atomic E-state index is 13.8. The number of rotatable bonds is 5. The fraction of sp³-hybridized carbons (Fsp3) is 0.600. The van der Waals surface area contributed by atoms with Crippen molar-refractivity contribution < 1.29 is 14.0 Å². The minimum Gasteiger partial charge on any atom is -0.341 e. The Hall–Kier alpha value is -1.91.